The molecule has 0 unspecified atom stereocenters. The molecule has 0 bridgehead atoms. The third kappa shape index (κ3) is 5.98. The first-order valence-electron chi connectivity index (χ1n) is 9.40. The Labute approximate surface area is 189 Å². The van der Waals surface area contributed by atoms with Gasteiger partial charge in [-0.25, -0.2) is 4.79 Å². The van der Waals surface area contributed by atoms with Crippen molar-refractivity contribution in [1.82, 2.24) is 10.3 Å². The summed E-state index contributed by atoms with van der Waals surface area (Å²) in [6.45, 7) is 0. The van der Waals surface area contributed by atoms with Gasteiger partial charge in [-0.3, -0.25) is 4.98 Å². The van der Waals surface area contributed by atoms with E-state index in [2.05, 4.69) is 15.6 Å². The van der Waals surface area contributed by atoms with Crippen molar-refractivity contribution in [1.29, 1.82) is 0 Å². The number of halogens is 6. The number of alkyl halides is 6. The zero-order chi connectivity index (χ0) is 24.2. The predicted molar refractivity (Wildman–Crippen MR) is 113 cm³/mol. The molecule has 2 amide bonds. The monoisotopic (exact) mass is 485 g/mol. The van der Waals surface area contributed by atoms with Gasteiger partial charge in [-0.2, -0.15) is 26.3 Å². The second kappa shape index (κ2) is 9.74. The first-order chi connectivity index (χ1) is 15.5. The molecule has 2 aromatic carbocycles. The number of carbonyl (C=O) groups is 1. The lowest BCUT2D eigenvalue weighted by Gasteiger charge is -2.23. The fourth-order valence-corrected chi connectivity index (χ4v) is 3.65. The van der Waals surface area contributed by atoms with E-state index in [1.807, 2.05) is 0 Å². The van der Waals surface area contributed by atoms with Crippen LogP contribution in [-0.4, -0.2) is 17.3 Å². The number of thioether (sulfide) groups is 1. The van der Waals surface area contributed by atoms with Crippen LogP contribution < -0.4 is 10.6 Å². The lowest BCUT2D eigenvalue weighted by Crippen LogP contribution is -2.35. The molecule has 33 heavy (non-hydrogen) atoms. The summed E-state index contributed by atoms with van der Waals surface area (Å²) in [6, 6.07) is 9.85. The smallest absolute Gasteiger partial charge is 0.325 e. The number of hydrogen-bond acceptors (Lipinski definition) is 3. The van der Waals surface area contributed by atoms with Gasteiger partial charge in [0.05, 0.1) is 28.6 Å². The van der Waals surface area contributed by atoms with Crippen LogP contribution in [0.1, 0.15) is 28.4 Å². The lowest BCUT2D eigenvalue weighted by molar-refractivity contribution is -0.139. The minimum atomic E-state index is -4.79. The standard InChI is InChI=1S/C22H17F6N3OS/c1-33-17-7-3-2-6-16(17)30-20(32)31-18(13-8-10-14(11-9-13)21(23,24)25)19-15(22(26,27)28)5-4-12-29-19/h2-12,18H,1H3,(H2,30,31,32)/t18-/m0/s1. The number of benzene rings is 2. The van der Waals surface area contributed by atoms with Crippen molar-refractivity contribution in [2.45, 2.75) is 23.3 Å². The topological polar surface area (TPSA) is 54.0 Å². The molecule has 1 aromatic heterocycles. The fraction of sp³-hybridized carbons (Fsp3) is 0.182. The maximum Gasteiger partial charge on any atom is 0.418 e. The lowest BCUT2D eigenvalue weighted by atomic mass is 9.98. The highest BCUT2D eigenvalue weighted by Gasteiger charge is 2.37. The van der Waals surface area contributed by atoms with E-state index in [9.17, 15) is 31.1 Å². The quantitative estimate of drug-likeness (QED) is 0.310. The Morgan fingerprint density at radius 1 is 0.909 bits per heavy atom. The SMILES string of the molecule is CSc1ccccc1NC(=O)N[C@@H](c1ccc(C(F)(F)F)cc1)c1ncccc1C(F)(F)F. The normalized spacial score (nSPS) is 12.8. The van der Waals surface area contributed by atoms with E-state index >= 15 is 0 Å². The summed E-state index contributed by atoms with van der Waals surface area (Å²) >= 11 is 1.35. The van der Waals surface area contributed by atoms with Crippen molar-refractivity contribution >= 4 is 23.5 Å². The molecule has 0 radical (unpaired) electrons. The number of nitrogens with zero attached hydrogens (tertiary/aromatic N) is 1. The van der Waals surface area contributed by atoms with Gasteiger partial charge in [0.2, 0.25) is 0 Å². The largest absolute Gasteiger partial charge is 0.418 e. The van der Waals surface area contributed by atoms with E-state index in [-0.39, 0.29) is 5.56 Å². The summed E-state index contributed by atoms with van der Waals surface area (Å²) in [5, 5.41) is 4.98. The van der Waals surface area contributed by atoms with Gasteiger partial charge in [-0.05, 0) is 48.2 Å². The Bertz CT molecular complexity index is 1120. The molecule has 0 aliphatic carbocycles. The van der Waals surface area contributed by atoms with Crippen LogP contribution in [-0.2, 0) is 12.4 Å². The molecule has 0 saturated heterocycles. The van der Waals surface area contributed by atoms with Crippen LogP contribution in [0.4, 0.5) is 36.8 Å². The zero-order valence-corrected chi connectivity index (χ0v) is 17.8. The summed E-state index contributed by atoms with van der Waals surface area (Å²) in [5.74, 6) is 0. The van der Waals surface area contributed by atoms with Crippen molar-refractivity contribution in [3.63, 3.8) is 0 Å². The molecule has 2 N–H and O–H groups in total. The number of para-hydroxylation sites is 1. The molecule has 3 aromatic rings. The summed E-state index contributed by atoms with van der Waals surface area (Å²) in [4.78, 5) is 17.2. The van der Waals surface area contributed by atoms with Gasteiger partial charge in [0.15, 0.2) is 0 Å². The highest BCUT2D eigenvalue weighted by molar-refractivity contribution is 7.98. The number of anilines is 1. The highest BCUT2D eigenvalue weighted by Crippen LogP contribution is 2.36. The van der Waals surface area contributed by atoms with E-state index in [4.69, 9.17) is 0 Å². The highest BCUT2D eigenvalue weighted by atomic mass is 32.2. The minimum absolute atomic E-state index is 0.000465. The van der Waals surface area contributed by atoms with Crippen LogP contribution in [0.5, 0.6) is 0 Å². The number of amides is 2. The van der Waals surface area contributed by atoms with Crippen molar-refractivity contribution in [2.75, 3.05) is 11.6 Å². The summed E-state index contributed by atoms with van der Waals surface area (Å²) in [5.41, 5.74) is -2.20. The molecule has 4 nitrogen and oxygen atoms in total. The van der Waals surface area contributed by atoms with Gasteiger partial charge in [-0.1, -0.05) is 24.3 Å². The summed E-state index contributed by atoms with van der Waals surface area (Å²) < 4.78 is 79.7. The maximum absolute atomic E-state index is 13.6. The molecule has 11 heteroatoms. The van der Waals surface area contributed by atoms with Crippen LogP contribution in [0, 0.1) is 0 Å². The second-order valence-electron chi connectivity index (χ2n) is 6.79. The van der Waals surface area contributed by atoms with Gasteiger partial charge in [0, 0.05) is 11.1 Å². The number of aromatic nitrogens is 1. The summed E-state index contributed by atoms with van der Waals surface area (Å²) in [6.07, 6.45) is -6.52. The van der Waals surface area contributed by atoms with Crippen molar-refractivity contribution in [3.8, 4) is 0 Å². The van der Waals surface area contributed by atoms with Crippen molar-refractivity contribution in [3.05, 3.63) is 89.2 Å². The van der Waals surface area contributed by atoms with Crippen LogP contribution >= 0.6 is 11.8 Å². The molecular weight excluding hydrogens is 468 g/mol. The number of pyridine rings is 1. The van der Waals surface area contributed by atoms with Gasteiger partial charge in [0.25, 0.3) is 0 Å². The molecule has 0 spiro atoms. The van der Waals surface area contributed by atoms with Crippen LogP contribution in [0.25, 0.3) is 0 Å². The Morgan fingerprint density at radius 3 is 2.18 bits per heavy atom. The van der Waals surface area contributed by atoms with Gasteiger partial charge in [0.1, 0.15) is 0 Å². The first-order valence-corrected chi connectivity index (χ1v) is 10.6. The first kappa shape index (κ1) is 24.4. The van der Waals surface area contributed by atoms with E-state index in [1.165, 1.54) is 11.8 Å². The average molecular weight is 485 g/mol. The Kier molecular flexibility index (Phi) is 7.21. The molecular formula is C22H17F6N3OS. The van der Waals surface area contributed by atoms with Gasteiger partial charge >= 0.3 is 18.4 Å². The zero-order valence-electron chi connectivity index (χ0n) is 17.0. The average Bonchev–Trinajstić information content (AvgIpc) is 2.77. The molecule has 0 aliphatic heterocycles. The number of urea groups is 1. The fourth-order valence-electron chi connectivity index (χ4n) is 3.10. The Morgan fingerprint density at radius 2 is 1.58 bits per heavy atom. The van der Waals surface area contributed by atoms with E-state index in [1.54, 1.807) is 30.5 Å². The Hall–Kier alpha value is -3.21. The van der Waals surface area contributed by atoms with E-state index < -0.39 is 41.2 Å². The molecule has 0 aliphatic rings. The van der Waals surface area contributed by atoms with Crippen molar-refractivity contribution < 1.29 is 31.1 Å². The third-order valence-corrected chi connectivity index (χ3v) is 5.42. The molecule has 0 fully saturated rings. The molecule has 1 heterocycles. The number of hydrogen-bond donors (Lipinski definition) is 2. The predicted octanol–water partition coefficient (Wildman–Crippen LogP) is 6.75. The molecule has 1 atom stereocenters. The maximum atomic E-state index is 13.6. The Balaban J connectivity index is 2.00. The number of rotatable bonds is 5. The van der Waals surface area contributed by atoms with Gasteiger partial charge < -0.3 is 10.6 Å². The number of nitrogens with one attached hydrogen (secondary N) is 2. The minimum Gasteiger partial charge on any atom is -0.325 e. The third-order valence-electron chi connectivity index (χ3n) is 4.62. The van der Waals surface area contributed by atoms with Crippen LogP contribution in [0.15, 0.2) is 71.8 Å². The van der Waals surface area contributed by atoms with Gasteiger partial charge in [-0.15, -0.1) is 11.8 Å². The van der Waals surface area contributed by atoms with E-state index in [0.717, 1.165) is 42.6 Å². The molecule has 0 saturated carbocycles. The van der Waals surface area contributed by atoms with E-state index in [0.29, 0.717) is 10.6 Å². The second-order valence-corrected chi connectivity index (χ2v) is 7.63. The van der Waals surface area contributed by atoms with Crippen molar-refractivity contribution in [2.24, 2.45) is 0 Å². The number of carbonyl (C=O) groups excluding carboxylic acids is 1. The molecule has 3 rings (SSSR count). The van der Waals surface area contributed by atoms with Crippen LogP contribution in [0.3, 0.4) is 0 Å². The van der Waals surface area contributed by atoms with Crippen LogP contribution in [0.2, 0.25) is 0 Å². The molecule has 174 valence electrons. The summed E-state index contributed by atoms with van der Waals surface area (Å²) in [7, 11) is 0.